The van der Waals surface area contributed by atoms with Gasteiger partial charge >= 0.3 is 0 Å². The van der Waals surface area contributed by atoms with E-state index >= 15 is 0 Å². The van der Waals surface area contributed by atoms with Gasteiger partial charge in [-0.1, -0.05) is 0 Å². The van der Waals surface area contributed by atoms with Crippen LogP contribution in [0, 0.1) is 0 Å². The second kappa shape index (κ2) is 6.18. The van der Waals surface area contributed by atoms with Crippen molar-refractivity contribution in [2.45, 2.75) is 5.09 Å². The third-order valence-corrected chi connectivity index (χ3v) is 4.26. The summed E-state index contributed by atoms with van der Waals surface area (Å²) in [5.41, 5.74) is 0. The number of hydrogen-bond donors (Lipinski definition) is 1. The Balaban J connectivity index is 2.89. The van der Waals surface area contributed by atoms with Crippen LogP contribution in [0.4, 0.5) is 0 Å². The molecule has 0 bridgehead atoms. The van der Waals surface area contributed by atoms with Gasteiger partial charge in [-0.3, -0.25) is 4.79 Å². The fraction of sp³-hybridized carbons (Fsp3) is 0.545. The van der Waals surface area contributed by atoms with Crippen LogP contribution in [-0.4, -0.2) is 64.8 Å². The van der Waals surface area contributed by atoms with Gasteiger partial charge in [0, 0.05) is 34.2 Å². The summed E-state index contributed by atoms with van der Waals surface area (Å²) in [4.78, 5) is 13.4. The zero-order chi connectivity index (χ0) is 14.6. The largest absolute Gasteiger partial charge is 0.438 e. The Morgan fingerprint density at radius 3 is 2.47 bits per heavy atom. The molecule has 0 saturated heterocycles. The van der Waals surface area contributed by atoms with Crippen LogP contribution >= 0.6 is 0 Å². The van der Waals surface area contributed by atoms with Gasteiger partial charge in [-0.25, -0.2) is 12.7 Å². The Morgan fingerprint density at radius 1 is 1.32 bits per heavy atom. The molecule has 1 amide bonds. The quantitative estimate of drug-likeness (QED) is 0.785. The van der Waals surface area contributed by atoms with E-state index in [1.54, 1.807) is 14.1 Å². The van der Waals surface area contributed by atoms with Gasteiger partial charge in [-0.2, -0.15) is 0 Å². The fourth-order valence-electron chi connectivity index (χ4n) is 1.32. The fourth-order valence-corrected chi connectivity index (χ4v) is 2.12. The summed E-state index contributed by atoms with van der Waals surface area (Å²) in [6.07, 6.45) is 0. The zero-order valence-corrected chi connectivity index (χ0v) is 12.3. The Labute approximate surface area is 113 Å². The summed E-state index contributed by atoms with van der Waals surface area (Å²) in [7, 11) is 2.57. The van der Waals surface area contributed by atoms with Crippen LogP contribution in [0.25, 0.3) is 0 Å². The minimum absolute atomic E-state index is 0.0130. The van der Waals surface area contributed by atoms with Crippen LogP contribution in [0.15, 0.2) is 21.6 Å². The van der Waals surface area contributed by atoms with Gasteiger partial charge in [0.15, 0.2) is 5.76 Å². The lowest BCUT2D eigenvalue weighted by Crippen LogP contribution is -2.32. The molecule has 0 spiro atoms. The van der Waals surface area contributed by atoms with Gasteiger partial charge in [0.05, 0.1) is 0 Å². The molecular weight excluding hydrogens is 270 g/mol. The maximum Gasteiger partial charge on any atom is 0.289 e. The standard InChI is InChI=1S/C11H19N3O4S/c1-12-7-8-14(4)11(15)9-5-6-10(18-9)19(16,17)13(2)3/h5-6,12H,7-8H2,1-4H3. The molecule has 1 aromatic rings. The van der Waals surface area contributed by atoms with Crippen LogP contribution < -0.4 is 5.32 Å². The van der Waals surface area contributed by atoms with Crippen LogP contribution in [0.2, 0.25) is 0 Å². The SMILES string of the molecule is CNCCN(C)C(=O)c1ccc(S(=O)(=O)N(C)C)o1. The first kappa shape index (κ1) is 15.7. The van der Waals surface area contributed by atoms with Crippen molar-refractivity contribution in [1.82, 2.24) is 14.5 Å². The molecule has 0 aliphatic carbocycles. The van der Waals surface area contributed by atoms with E-state index in [-0.39, 0.29) is 16.8 Å². The molecule has 0 aromatic carbocycles. The highest BCUT2D eigenvalue weighted by Crippen LogP contribution is 2.17. The average molecular weight is 289 g/mol. The third kappa shape index (κ3) is 3.55. The van der Waals surface area contributed by atoms with Crippen LogP contribution in [0.5, 0.6) is 0 Å². The summed E-state index contributed by atoms with van der Waals surface area (Å²) in [5.74, 6) is -0.338. The van der Waals surface area contributed by atoms with Gasteiger partial charge in [0.2, 0.25) is 5.09 Å². The molecule has 19 heavy (non-hydrogen) atoms. The normalized spacial score (nSPS) is 11.8. The van der Waals surface area contributed by atoms with E-state index in [1.807, 2.05) is 0 Å². The summed E-state index contributed by atoms with van der Waals surface area (Å²) in [5, 5.41) is 2.69. The summed E-state index contributed by atoms with van der Waals surface area (Å²) in [6.45, 7) is 1.15. The molecular formula is C11H19N3O4S. The lowest BCUT2D eigenvalue weighted by molar-refractivity contribution is 0.0759. The molecule has 0 aliphatic rings. The first-order valence-electron chi connectivity index (χ1n) is 5.73. The van der Waals surface area contributed by atoms with Crippen molar-refractivity contribution in [3.63, 3.8) is 0 Å². The molecule has 0 aliphatic heterocycles. The lowest BCUT2D eigenvalue weighted by atomic mass is 10.4. The van der Waals surface area contributed by atoms with Crippen molar-refractivity contribution in [3.05, 3.63) is 17.9 Å². The van der Waals surface area contributed by atoms with Crippen molar-refractivity contribution >= 4 is 15.9 Å². The van der Waals surface area contributed by atoms with Crippen molar-refractivity contribution in [3.8, 4) is 0 Å². The monoisotopic (exact) mass is 289 g/mol. The van der Waals surface area contributed by atoms with Crippen molar-refractivity contribution in [2.75, 3.05) is 41.3 Å². The van der Waals surface area contributed by atoms with Crippen LogP contribution in [0.3, 0.4) is 0 Å². The molecule has 8 heteroatoms. The third-order valence-electron chi connectivity index (χ3n) is 2.57. The highest BCUT2D eigenvalue weighted by atomic mass is 32.2. The molecule has 1 N–H and O–H groups in total. The second-order valence-electron chi connectivity index (χ2n) is 4.24. The molecule has 0 unspecified atom stereocenters. The maximum absolute atomic E-state index is 12.0. The second-order valence-corrected chi connectivity index (χ2v) is 6.32. The van der Waals surface area contributed by atoms with Crippen molar-refractivity contribution < 1.29 is 17.6 Å². The topological polar surface area (TPSA) is 82.9 Å². The minimum Gasteiger partial charge on any atom is -0.438 e. The maximum atomic E-state index is 12.0. The number of sulfonamides is 1. The van der Waals surface area contributed by atoms with Crippen LogP contribution in [0.1, 0.15) is 10.6 Å². The number of rotatable bonds is 6. The van der Waals surface area contributed by atoms with E-state index in [0.717, 1.165) is 4.31 Å². The molecule has 1 aromatic heterocycles. The first-order chi connectivity index (χ1) is 8.80. The molecule has 0 radical (unpaired) electrons. The molecule has 7 nitrogen and oxygen atoms in total. The molecule has 0 saturated carbocycles. The highest BCUT2D eigenvalue weighted by molar-refractivity contribution is 7.88. The molecule has 1 rings (SSSR count). The lowest BCUT2D eigenvalue weighted by Gasteiger charge is -2.15. The number of amides is 1. The smallest absolute Gasteiger partial charge is 0.289 e. The first-order valence-corrected chi connectivity index (χ1v) is 7.17. The zero-order valence-electron chi connectivity index (χ0n) is 11.5. The Kier molecular flexibility index (Phi) is 5.10. The predicted molar refractivity (Wildman–Crippen MR) is 70.5 cm³/mol. The van der Waals surface area contributed by atoms with Crippen molar-refractivity contribution in [2.24, 2.45) is 0 Å². The minimum atomic E-state index is -3.65. The van der Waals surface area contributed by atoms with Gasteiger partial charge in [0.25, 0.3) is 15.9 Å². The molecule has 108 valence electrons. The number of nitrogens with one attached hydrogen (secondary N) is 1. The number of carbonyl (C=O) groups is 1. The van der Waals surface area contributed by atoms with E-state index in [1.165, 1.54) is 31.1 Å². The van der Waals surface area contributed by atoms with E-state index in [2.05, 4.69) is 5.32 Å². The highest BCUT2D eigenvalue weighted by Gasteiger charge is 2.24. The summed E-state index contributed by atoms with van der Waals surface area (Å²) >= 11 is 0. The van der Waals surface area contributed by atoms with E-state index in [0.29, 0.717) is 13.1 Å². The number of hydrogen-bond acceptors (Lipinski definition) is 5. The molecule has 0 atom stereocenters. The van der Waals surface area contributed by atoms with E-state index in [9.17, 15) is 13.2 Å². The number of furan rings is 1. The summed E-state index contributed by atoms with van der Waals surface area (Å²) < 4.78 is 29.8. The Hall–Kier alpha value is -1.38. The number of nitrogens with zero attached hydrogens (tertiary/aromatic N) is 2. The van der Waals surface area contributed by atoms with Gasteiger partial charge in [-0.05, 0) is 19.2 Å². The van der Waals surface area contributed by atoms with Crippen LogP contribution in [-0.2, 0) is 10.0 Å². The van der Waals surface area contributed by atoms with E-state index < -0.39 is 10.0 Å². The van der Waals surface area contributed by atoms with Gasteiger partial charge in [-0.15, -0.1) is 0 Å². The molecule has 0 fully saturated rings. The Bertz CT molecular complexity index is 536. The van der Waals surface area contributed by atoms with Crippen molar-refractivity contribution in [1.29, 1.82) is 0 Å². The number of likely N-dealkylation sites (N-methyl/N-ethyl adjacent to an activating group) is 2. The predicted octanol–water partition coefficient (Wildman–Crippen LogP) is -0.179. The average Bonchev–Trinajstić information content (AvgIpc) is 2.84. The van der Waals surface area contributed by atoms with Gasteiger partial charge in [0.1, 0.15) is 0 Å². The van der Waals surface area contributed by atoms with E-state index in [4.69, 9.17) is 4.42 Å². The molecule has 1 heterocycles. The summed E-state index contributed by atoms with van der Waals surface area (Å²) in [6, 6.07) is 2.66. The Morgan fingerprint density at radius 2 is 1.95 bits per heavy atom. The number of carbonyl (C=O) groups excluding carboxylic acids is 1. The van der Waals surface area contributed by atoms with Gasteiger partial charge < -0.3 is 14.6 Å².